The van der Waals surface area contributed by atoms with Gasteiger partial charge >= 0.3 is 5.97 Å². The molecule has 166 valence electrons. The zero-order valence-corrected chi connectivity index (χ0v) is 18.8. The van der Waals surface area contributed by atoms with Crippen molar-refractivity contribution in [3.05, 3.63) is 35.4 Å². The van der Waals surface area contributed by atoms with Crippen LogP contribution in [0.5, 0.6) is 0 Å². The third-order valence-electron chi connectivity index (χ3n) is 7.08. The summed E-state index contributed by atoms with van der Waals surface area (Å²) in [5.74, 6) is 0.199. The van der Waals surface area contributed by atoms with Crippen LogP contribution in [0.25, 0.3) is 0 Å². The van der Waals surface area contributed by atoms with E-state index in [9.17, 15) is 9.59 Å². The molecule has 0 bridgehead atoms. The minimum atomic E-state index is -0.815. The van der Waals surface area contributed by atoms with Crippen molar-refractivity contribution in [3.63, 3.8) is 0 Å². The molecule has 0 aliphatic heterocycles. The van der Waals surface area contributed by atoms with E-state index >= 15 is 0 Å². The molecule has 0 amide bonds. The molecule has 5 nitrogen and oxygen atoms in total. The first-order valence-electron chi connectivity index (χ1n) is 11.5. The van der Waals surface area contributed by atoms with Crippen molar-refractivity contribution in [1.82, 2.24) is 10.6 Å². The number of aliphatic carboxylic acids is 1. The van der Waals surface area contributed by atoms with Gasteiger partial charge in [0.25, 0.3) is 0 Å². The van der Waals surface area contributed by atoms with Crippen molar-refractivity contribution in [1.29, 1.82) is 0 Å². The van der Waals surface area contributed by atoms with E-state index in [1.807, 2.05) is 12.1 Å². The molecule has 0 saturated heterocycles. The van der Waals surface area contributed by atoms with E-state index in [2.05, 4.69) is 43.5 Å². The standard InChI is InChI=1S/C25H38N2O3/c1-24(2,3)20-8-10-21(11-9-20)27-16-18-4-6-19(7-5-18)23(30)25(13-14-25)17-26-15-12-22(28)29/h4-7,20-21,26-27H,8-17H2,1-3H3,(H,28,29). The quantitative estimate of drug-likeness (QED) is 0.390. The fourth-order valence-corrected chi connectivity index (χ4v) is 4.66. The Bertz CT molecular complexity index is 724. The molecular weight excluding hydrogens is 376 g/mol. The van der Waals surface area contributed by atoms with Crippen LogP contribution < -0.4 is 10.6 Å². The van der Waals surface area contributed by atoms with Crippen LogP contribution in [0.1, 0.15) is 81.6 Å². The van der Waals surface area contributed by atoms with Gasteiger partial charge in [-0.2, -0.15) is 0 Å². The maximum Gasteiger partial charge on any atom is 0.304 e. The second kappa shape index (κ2) is 9.61. The van der Waals surface area contributed by atoms with Crippen LogP contribution in [0.3, 0.4) is 0 Å². The van der Waals surface area contributed by atoms with Crippen LogP contribution in [-0.4, -0.2) is 36.0 Å². The first-order chi connectivity index (χ1) is 14.2. The summed E-state index contributed by atoms with van der Waals surface area (Å²) < 4.78 is 0. The molecule has 2 aliphatic rings. The van der Waals surface area contributed by atoms with Gasteiger partial charge in [-0.05, 0) is 55.4 Å². The number of carboxylic acids is 1. The summed E-state index contributed by atoms with van der Waals surface area (Å²) in [4.78, 5) is 23.5. The molecule has 0 radical (unpaired) electrons. The molecule has 2 saturated carbocycles. The number of hydrogen-bond acceptors (Lipinski definition) is 4. The Morgan fingerprint density at radius 2 is 1.70 bits per heavy atom. The number of hydrogen-bond donors (Lipinski definition) is 3. The van der Waals surface area contributed by atoms with Gasteiger partial charge in [0.05, 0.1) is 6.42 Å². The third kappa shape index (κ3) is 6.14. The topological polar surface area (TPSA) is 78.4 Å². The molecule has 2 aliphatic carbocycles. The average Bonchev–Trinajstić information content (AvgIpc) is 3.50. The number of rotatable bonds is 10. The van der Waals surface area contributed by atoms with Gasteiger partial charge in [0.1, 0.15) is 0 Å². The van der Waals surface area contributed by atoms with Gasteiger partial charge < -0.3 is 15.7 Å². The minimum absolute atomic E-state index is 0.0871. The van der Waals surface area contributed by atoms with E-state index in [4.69, 9.17) is 5.11 Å². The van der Waals surface area contributed by atoms with Crippen LogP contribution in [0, 0.1) is 16.7 Å². The lowest BCUT2D eigenvalue weighted by molar-refractivity contribution is -0.136. The van der Waals surface area contributed by atoms with E-state index in [0.29, 0.717) is 24.5 Å². The highest BCUT2D eigenvalue weighted by Gasteiger charge is 2.49. The fourth-order valence-electron chi connectivity index (χ4n) is 4.66. The normalized spacial score (nSPS) is 23.2. The van der Waals surface area contributed by atoms with Crippen LogP contribution in [0.4, 0.5) is 0 Å². The summed E-state index contributed by atoms with van der Waals surface area (Å²) in [6.07, 6.45) is 6.95. The highest BCUT2D eigenvalue weighted by Crippen LogP contribution is 2.47. The van der Waals surface area contributed by atoms with Gasteiger partial charge in [-0.1, -0.05) is 45.0 Å². The Kier molecular flexibility index (Phi) is 7.35. The minimum Gasteiger partial charge on any atom is -0.481 e. The molecule has 30 heavy (non-hydrogen) atoms. The highest BCUT2D eigenvalue weighted by molar-refractivity contribution is 6.02. The lowest BCUT2D eigenvalue weighted by Gasteiger charge is -2.37. The summed E-state index contributed by atoms with van der Waals surface area (Å²) in [5.41, 5.74) is 2.07. The number of nitrogens with one attached hydrogen (secondary N) is 2. The smallest absolute Gasteiger partial charge is 0.304 e. The molecule has 0 heterocycles. The predicted octanol–water partition coefficient (Wildman–Crippen LogP) is 4.41. The maximum absolute atomic E-state index is 12.9. The number of Topliss-reactive ketones (excluding diaryl/α,β-unsaturated/α-hetero) is 1. The Balaban J connectivity index is 1.44. The van der Waals surface area contributed by atoms with Crippen molar-refractivity contribution in [3.8, 4) is 0 Å². The molecule has 0 atom stereocenters. The maximum atomic E-state index is 12.9. The number of carboxylic acid groups (broad SMARTS) is 1. The van der Waals surface area contributed by atoms with Gasteiger partial charge in [-0.25, -0.2) is 0 Å². The summed E-state index contributed by atoms with van der Waals surface area (Å²) in [6.45, 7) is 8.89. The third-order valence-corrected chi connectivity index (χ3v) is 7.08. The van der Waals surface area contributed by atoms with E-state index in [0.717, 1.165) is 30.9 Å². The largest absolute Gasteiger partial charge is 0.481 e. The van der Waals surface area contributed by atoms with Crippen molar-refractivity contribution in [2.45, 2.75) is 78.3 Å². The SMILES string of the molecule is CC(C)(C)C1CCC(NCc2ccc(C(=O)C3(CNCCC(=O)O)CC3)cc2)CC1. The molecule has 0 spiro atoms. The number of carbonyl (C=O) groups is 2. The van der Waals surface area contributed by atoms with Crippen molar-refractivity contribution < 1.29 is 14.7 Å². The molecule has 3 rings (SSSR count). The van der Waals surface area contributed by atoms with Crippen LogP contribution in [-0.2, 0) is 11.3 Å². The molecule has 1 aromatic rings. The van der Waals surface area contributed by atoms with Gasteiger partial charge in [0.15, 0.2) is 5.78 Å². The number of carbonyl (C=O) groups excluding carboxylic acids is 1. The second-order valence-electron chi connectivity index (χ2n) is 10.4. The zero-order valence-electron chi connectivity index (χ0n) is 18.8. The summed E-state index contributed by atoms with van der Waals surface area (Å²) in [5, 5.41) is 15.6. The Morgan fingerprint density at radius 1 is 1.07 bits per heavy atom. The fraction of sp³-hybridized carbons (Fsp3) is 0.680. The highest BCUT2D eigenvalue weighted by atomic mass is 16.4. The monoisotopic (exact) mass is 414 g/mol. The van der Waals surface area contributed by atoms with Gasteiger partial charge in [0.2, 0.25) is 0 Å². The van der Waals surface area contributed by atoms with E-state index < -0.39 is 5.97 Å². The number of benzene rings is 1. The summed E-state index contributed by atoms with van der Waals surface area (Å²) in [7, 11) is 0. The summed E-state index contributed by atoms with van der Waals surface area (Å²) >= 11 is 0. The average molecular weight is 415 g/mol. The van der Waals surface area contributed by atoms with Gasteiger partial charge in [-0.15, -0.1) is 0 Å². The lowest BCUT2D eigenvalue weighted by Crippen LogP contribution is -2.35. The molecule has 1 aromatic carbocycles. The van der Waals surface area contributed by atoms with Crippen molar-refractivity contribution in [2.75, 3.05) is 13.1 Å². The second-order valence-corrected chi connectivity index (χ2v) is 10.4. The van der Waals surface area contributed by atoms with Gasteiger partial charge in [-0.3, -0.25) is 9.59 Å². The van der Waals surface area contributed by atoms with Gasteiger partial charge in [0, 0.05) is 36.7 Å². The Morgan fingerprint density at radius 3 is 2.23 bits per heavy atom. The zero-order chi connectivity index (χ0) is 21.8. The van der Waals surface area contributed by atoms with Crippen molar-refractivity contribution >= 4 is 11.8 Å². The molecule has 0 aromatic heterocycles. The molecular formula is C25H38N2O3. The Hall–Kier alpha value is -1.72. The molecule has 0 unspecified atom stereocenters. The Labute approximate surface area is 181 Å². The summed E-state index contributed by atoms with van der Waals surface area (Å²) in [6, 6.07) is 8.63. The van der Waals surface area contributed by atoms with Crippen LogP contribution in [0.2, 0.25) is 0 Å². The van der Waals surface area contributed by atoms with E-state index in [-0.39, 0.29) is 17.6 Å². The number of ketones is 1. The molecule has 3 N–H and O–H groups in total. The predicted molar refractivity (Wildman–Crippen MR) is 120 cm³/mol. The first-order valence-corrected chi connectivity index (χ1v) is 11.5. The van der Waals surface area contributed by atoms with Crippen LogP contribution in [0.15, 0.2) is 24.3 Å². The van der Waals surface area contributed by atoms with Crippen molar-refractivity contribution in [2.24, 2.45) is 16.7 Å². The first kappa shape index (κ1) is 23.0. The van der Waals surface area contributed by atoms with E-state index in [1.54, 1.807) is 0 Å². The lowest BCUT2D eigenvalue weighted by atomic mass is 9.71. The van der Waals surface area contributed by atoms with Crippen LogP contribution >= 0.6 is 0 Å². The molecule has 5 heteroatoms. The molecule has 2 fully saturated rings. The van der Waals surface area contributed by atoms with E-state index in [1.165, 1.54) is 31.2 Å².